The number of nitrogens with zero attached hydrogens (tertiary/aromatic N) is 4. The normalized spacial score (nSPS) is 15.7. The number of hydroxylamine groups is 1. The number of hydrogen-bond donors (Lipinski definition) is 3. The van der Waals surface area contributed by atoms with Crippen molar-refractivity contribution in [1.82, 2.24) is 25.2 Å². The Kier molecular flexibility index (Phi) is 6.11. The quantitative estimate of drug-likeness (QED) is 0.220. The standard InChI is InChI=1S/C25H23FN6O3/c26-20-13-18(35-17-4-2-1-3-5-17)10-11-19(20)23-22-24(27)28-14-29-25(22)32(30-23)16-8-6-15(7-9-16)12-21(33)31-34/h1-5,10-14,16,34H,6-9H2,(H,31,33)(H2,27,28,29). The molecule has 0 spiro atoms. The van der Waals surface area contributed by atoms with E-state index in [0.717, 1.165) is 5.57 Å². The second kappa shape index (κ2) is 9.51. The highest BCUT2D eigenvalue weighted by molar-refractivity contribution is 5.98. The van der Waals surface area contributed by atoms with Gasteiger partial charge in [-0.05, 0) is 49.9 Å². The Morgan fingerprint density at radius 2 is 1.91 bits per heavy atom. The maximum Gasteiger partial charge on any atom is 0.267 e. The van der Waals surface area contributed by atoms with E-state index in [4.69, 9.17) is 20.8 Å². The molecule has 4 N–H and O–H groups in total. The first kappa shape index (κ1) is 22.5. The third-order valence-electron chi connectivity index (χ3n) is 6.08. The maximum atomic E-state index is 15.3. The minimum absolute atomic E-state index is 0.0152. The van der Waals surface area contributed by atoms with Gasteiger partial charge >= 0.3 is 0 Å². The molecule has 2 aromatic heterocycles. The Labute approximate surface area is 200 Å². The molecule has 0 radical (unpaired) electrons. The van der Waals surface area contributed by atoms with E-state index in [1.54, 1.807) is 34.4 Å². The Balaban J connectivity index is 1.48. The predicted octanol–water partition coefficient (Wildman–Crippen LogP) is 4.55. The molecule has 0 unspecified atom stereocenters. The van der Waals surface area contributed by atoms with E-state index < -0.39 is 11.7 Å². The second-order valence-corrected chi connectivity index (χ2v) is 8.32. The van der Waals surface area contributed by atoms with Crippen molar-refractivity contribution >= 4 is 22.8 Å². The number of fused-ring (bicyclic) bond motifs is 1. The summed E-state index contributed by atoms with van der Waals surface area (Å²) in [6.07, 6.45) is 5.52. The fourth-order valence-electron chi connectivity index (χ4n) is 4.39. The lowest BCUT2D eigenvalue weighted by molar-refractivity contribution is -0.124. The molecular formula is C25H23FN6O3. The van der Waals surface area contributed by atoms with Crippen molar-refractivity contribution < 1.29 is 19.1 Å². The zero-order valence-corrected chi connectivity index (χ0v) is 18.7. The molecule has 2 heterocycles. The first-order valence-corrected chi connectivity index (χ1v) is 11.2. The smallest absolute Gasteiger partial charge is 0.267 e. The number of rotatable bonds is 5. The van der Waals surface area contributed by atoms with Gasteiger partial charge in [0.15, 0.2) is 5.65 Å². The highest BCUT2D eigenvalue weighted by Gasteiger charge is 2.26. The molecule has 9 nitrogen and oxygen atoms in total. The number of ether oxygens (including phenoxy) is 1. The lowest BCUT2D eigenvalue weighted by atomic mass is 9.90. The van der Waals surface area contributed by atoms with Crippen molar-refractivity contribution in [2.45, 2.75) is 31.7 Å². The lowest BCUT2D eigenvalue weighted by Crippen LogP contribution is -2.19. The van der Waals surface area contributed by atoms with E-state index in [1.165, 1.54) is 18.5 Å². The molecule has 2 aromatic carbocycles. The Morgan fingerprint density at radius 1 is 1.14 bits per heavy atom. The third kappa shape index (κ3) is 4.56. The monoisotopic (exact) mass is 474 g/mol. The minimum Gasteiger partial charge on any atom is -0.457 e. The first-order valence-electron chi connectivity index (χ1n) is 11.2. The number of halogens is 1. The van der Waals surface area contributed by atoms with Gasteiger partial charge in [-0.15, -0.1) is 0 Å². The van der Waals surface area contributed by atoms with E-state index in [2.05, 4.69) is 9.97 Å². The highest BCUT2D eigenvalue weighted by Crippen LogP contribution is 2.38. The van der Waals surface area contributed by atoms with E-state index in [0.29, 0.717) is 53.9 Å². The number of hydrogen-bond acceptors (Lipinski definition) is 7. The molecule has 0 bridgehead atoms. The predicted molar refractivity (Wildman–Crippen MR) is 127 cm³/mol. The summed E-state index contributed by atoms with van der Waals surface area (Å²) >= 11 is 0. The summed E-state index contributed by atoms with van der Waals surface area (Å²) in [5.41, 5.74) is 9.91. The fraction of sp³-hybridized carbons (Fsp3) is 0.200. The number of nitrogens with two attached hydrogens (primary N) is 1. The number of nitrogen functional groups attached to an aromatic ring is 1. The number of anilines is 1. The number of benzene rings is 2. The SMILES string of the molecule is Nc1ncnc2c1c(-c1ccc(Oc3ccccc3)cc1F)nn2C1CCC(=CC(=O)NO)CC1. The van der Waals surface area contributed by atoms with Crippen LogP contribution >= 0.6 is 0 Å². The number of amides is 1. The molecule has 4 aromatic rings. The van der Waals surface area contributed by atoms with Gasteiger partial charge < -0.3 is 10.5 Å². The average molecular weight is 474 g/mol. The molecule has 0 saturated heterocycles. The Morgan fingerprint density at radius 3 is 2.63 bits per heavy atom. The molecule has 10 heteroatoms. The molecule has 178 valence electrons. The molecule has 0 atom stereocenters. The van der Waals surface area contributed by atoms with Crippen LogP contribution in [0, 0.1) is 5.82 Å². The summed E-state index contributed by atoms with van der Waals surface area (Å²) in [4.78, 5) is 19.9. The van der Waals surface area contributed by atoms with Crippen molar-refractivity contribution in [3.8, 4) is 22.8 Å². The van der Waals surface area contributed by atoms with Gasteiger partial charge in [-0.2, -0.15) is 5.10 Å². The number of carbonyl (C=O) groups excluding carboxylic acids is 1. The number of allylic oxidation sites excluding steroid dienone is 1. The maximum absolute atomic E-state index is 15.3. The van der Waals surface area contributed by atoms with Crippen LogP contribution in [0.5, 0.6) is 11.5 Å². The topological polar surface area (TPSA) is 128 Å². The van der Waals surface area contributed by atoms with Gasteiger partial charge in [0.05, 0.1) is 11.4 Å². The van der Waals surface area contributed by atoms with Crippen LogP contribution in [0.4, 0.5) is 10.2 Å². The van der Waals surface area contributed by atoms with Gasteiger partial charge in [-0.3, -0.25) is 10.0 Å². The van der Waals surface area contributed by atoms with E-state index in [1.807, 2.05) is 18.2 Å². The molecule has 1 amide bonds. The van der Waals surface area contributed by atoms with Crippen molar-refractivity contribution in [1.29, 1.82) is 0 Å². The van der Waals surface area contributed by atoms with Crippen LogP contribution in [-0.4, -0.2) is 30.9 Å². The lowest BCUT2D eigenvalue weighted by Gasteiger charge is -2.24. The Hall–Kier alpha value is -4.31. The summed E-state index contributed by atoms with van der Waals surface area (Å²) in [5, 5.41) is 14.0. The van der Waals surface area contributed by atoms with Gasteiger partial charge in [0.25, 0.3) is 5.91 Å². The number of nitrogens with one attached hydrogen (secondary N) is 1. The third-order valence-corrected chi connectivity index (χ3v) is 6.08. The van der Waals surface area contributed by atoms with Crippen LogP contribution in [0.2, 0.25) is 0 Å². The number of carbonyl (C=O) groups is 1. The minimum atomic E-state index is -0.541. The van der Waals surface area contributed by atoms with Crippen LogP contribution in [0.15, 0.2) is 66.5 Å². The van der Waals surface area contributed by atoms with Crippen molar-refractivity contribution in [3.63, 3.8) is 0 Å². The summed E-state index contributed by atoms with van der Waals surface area (Å²) in [6, 6.07) is 13.7. The van der Waals surface area contributed by atoms with Crippen LogP contribution in [0.3, 0.4) is 0 Å². The van der Waals surface area contributed by atoms with Gasteiger partial charge in [0.1, 0.15) is 35.2 Å². The molecule has 1 aliphatic carbocycles. The van der Waals surface area contributed by atoms with Crippen LogP contribution in [-0.2, 0) is 4.79 Å². The molecule has 0 aliphatic heterocycles. The van der Waals surface area contributed by atoms with Gasteiger partial charge in [0.2, 0.25) is 0 Å². The Bertz CT molecular complexity index is 1410. The summed E-state index contributed by atoms with van der Waals surface area (Å²) < 4.78 is 22.8. The summed E-state index contributed by atoms with van der Waals surface area (Å²) in [7, 11) is 0. The molecule has 35 heavy (non-hydrogen) atoms. The van der Waals surface area contributed by atoms with E-state index in [9.17, 15) is 4.79 Å². The van der Waals surface area contributed by atoms with Gasteiger partial charge in [-0.25, -0.2) is 24.5 Å². The second-order valence-electron chi connectivity index (χ2n) is 8.32. The summed E-state index contributed by atoms with van der Waals surface area (Å²) in [5.74, 6) is 0.146. The molecule has 5 rings (SSSR count). The van der Waals surface area contributed by atoms with E-state index >= 15 is 4.39 Å². The van der Waals surface area contributed by atoms with Crippen molar-refractivity contribution in [2.24, 2.45) is 0 Å². The van der Waals surface area contributed by atoms with Gasteiger partial charge in [-0.1, -0.05) is 23.8 Å². The first-order chi connectivity index (χ1) is 17.0. The average Bonchev–Trinajstić information content (AvgIpc) is 3.26. The zero-order chi connectivity index (χ0) is 24.4. The molecule has 1 aliphatic rings. The zero-order valence-electron chi connectivity index (χ0n) is 18.7. The molecular weight excluding hydrogens is 451 g/mol. The van der Waals surface area contributed by atoms with Crippen LogP contribution in [0.25, 0.3) is 22.3 Å². The van der Waals surface area contributed by atoms with Crippen LogP contribution < -0.4 is 16.0 Å². The largest absolute Gasteiger partial charge is 0.457 e. The highest BCUT2D eigenvalue weighted by atomic mass is 19.1. The van der Waals surface area contributed by atoms with Crippen molar-refractivity contribution in [2.75, 3.05) is 5.73 Å². The van der Waals surface area contributed by atoms with Crippen LogP contribution in [0.1, 0.15) is 31.7 Å². The molecule has 1 fully saturated rings. The number of para-hydroxylation sites is 1. The van der Waals surface area contributed by atoms with E-state index in [-0.39, 0.29) is 17.4 Å². The van der Waals surface area contributed by atoms with Gasteiger partial charge in [0, 0.05) is 17.7 Å². The summed E-state index contributed by atoms with van der Waals surface area (Å²) in [6.45, 7) is 0. The fourth-order valence-corrected chi connectivity index (χ4v) is 4.39. The van der Waals surface area contributed by atoms with Crippen molar-refractivity contribution in [3.05, 3.63) is 72.3 Å². The molecule has 1 saturated carbocycles. The number of aromatic nitrogens is 4.